The number of rotatable bonds is 11. The second-order valence-electron chi connectivity index (χ2n) is 14.7. The molecule has 0 spiro atoms. The Morgan fingerprint density at radius 2 is 1.63 bits per heavy atom. The lowest BCUT2D eigenvalue weighted by molar-refractivity contribution is -0.167. The molecule has 0 bridgehead atoms. The summed E-state index contributed by atoms with van der Waals surface area (Å²) in [4.78, 5) is 68.2. The second kappa shape index (κ2) is 16.9. The van der Waals surface area contributed by atoms with E-state index < -0.39 is 65.5 Å². The molecule has 4 amide bonds. The zero-order valence-electron chi connectivity index (χ0n) is 31.1. The molecule has 1 aliphatic rings. The predicted octanol–water partition coefficient (Wildman–Crippen LogP) is 5.07. The van der Waals surface area contributed by atoms with Gasteiger partial charge < -0.3 is 39.0 Å². The van der Waals surface area contributed by atoms with E-state index in [1.807, 2.05) is 6.07 Å². The number of nitrogens with one attached hydrogen (secondary N) is 1. The molecule has 15 nitrogen and oxygen atoms in total. The number of benzene rings is 2. The summed E-state index contributed by atoms with van der Waals surface area (Å²) >= 11 is 0. The number of morpholine rings is 1. The molecule has 1 saturated heterocycles. The van der Waals surface area contributed by atoms with Gasteiger partial charge >= 0.3 is 18.2 Å². The molecule has 3 rings (SSSR count). The number of ether oxygens (including phenoxy) is 5. The molecule has 2 aromatic carbocycles. The normalized spacial score (nSPS) is 15.5. The van der Waals surface area contributed by atoms with Crippen molar-refractivity contribution in [3.63, 3.8) is 0 Å². The van der Waals surface area contributed by atoms with Gasteiger partial charge in [0, 0.05) is 25.6 Å². The number of imide groups is 1. The highest BCUT2D eigenvalue weighted by atomic mass is 16.6. The van der Waals surface area contributed by atoms with Crippen LogP contribution in [0.2, 0.25) is 0 Å². The van der Waals surface area contributed by atoms with Crippen molar-refractivity contribution in [3.8, 4) is 11.8 Å². The van der Waals surface area contributed by atoms with Crippen molar-refractivity contribution in [1.29, 1.82) is 5.26 Å². The van der Waals surface area contributed by atoms with Crippen molar-refractivity contribution in [2.75, 3.05) is 30.0 Å². The van der Waals surface area contributed by atoms with Crippen LogP contribution in [0, 0.1) is 11.3 Å². The molecule has 2 atom stereocenters. The van der Waals surface area contributed by atoms with Crippen LogP contribution in [0.25, 0.3) is 0 Å². The summed E-state index contributed by atoms with van der Waals surface area (Å²) in [6.07, 6.45) is -4.99. The number of para-hydroxylation sites is 2. The van der Waals surface area contributed by atoms with E-state index >= 15 is 0 Å². The Labute approximate surface area is 303 Å². The Morgan fingerprint density at radius 3 is 2.19 bits per heavy atom. The molecule has 2 aromatic rings. The Balaban J connectivity index is 1.90. The van der Waals surface area contributed by atoms with Crippen LogP contribution in [0.1, 0.15) is 79.9 Å². The zero-order chi connectivity index (χ0) is 39.0. The highest BCUT2D eigenvalue weighted by molar-refractivity contribution is 6.05. The van der Waals surface area contributed by atoms with Crippen LogP contribution in [0.15, 0.2) is 42.5 Å². The number of amides is 4. The first-order chi connectivity index (χ1) is 24.1. The number of nitriles is 1. The van der Waals surface area contributed by atoms with Crippen LogP contribution in [-0.2, 0) is 39.9 Å². The van der Waals surface area contributed by atoms with Gasteiger partial charge in [0.25, 0.3) is 11.8 Å². The summed E-state index contributed by atoms with van der Waals surface area (Å²) in [6, 6.07) is 12.9. The molecule has 0 radical (unpaired) electrons. The fourth-order valence-corrected chi connectivity index (χ4v) is 4.84. The summed E-state index contributed by atoms with van der Waals surface area (Å²) in [5, 5.41) is 22.5. The number of nitrogens with zero attached hydrogens (tertiary/aromatic N) is 3. The third kappa shape index (κ3) is 12.2. The Kier molecular flexibility index (Phi) is 13.4. The standard InChI is InChI=1S/C37H48N4O11/c1-23(42)50-29(30-32(44)40(17-19-49-30)27-12-10-11-13-28(27)48-18-16-37(8,9)47)31(43)39-26-15-14-24(21-38)25(20-26)22-41(33(45)51-35(2,3)4)34(46)52-36(5,6)7/h10-15,20,29-30,47H,16-19,22H2,1-9H3,(H,39,43)/t29-,30-/m1/s1. The lowest BCUT2D eigenvalue weighted by Gasteiger charge is -2.35. The van der Waals surface area contributed by atoms with E-state index in [1.165, 1.54) is 23.1 Å². The summed E-state index contributed by atoms with van der Waals surface area (Å²) < 4.78 is 27.8. The number of hydrogen-bond donors (Lipinski definition) is 2. The summed E-state index contributed by atoms with van der Waals surface area (Å²) in [5.74, 6) is -2.07. The third-order valence-corrected chi connectivity index (χ3v) is 7.12. The summed E-state index contributed by atoms with van der Waals surface area (Å²) in [5.41, 5.74) is -2.17. The maximum absolute atomic E-state index is 13.9. The summed E-state index contributed by atoms with van der Waals surface area (Å²) in [7, 11) is 0. The van der Waals surface area contributed by atoms with Gasteiger partial charge in [0.05, 0.1) is 42.7 Å². The van der Waals surface area contributed by atoms with E-state index in [0.29, 0.717) is 22.8 Å². The van der Waals surface area contributed by atoms with Crippen LogP contribution in [0.3, 0.4) is 0 Å². The van der Waals surface area contributed by atoms with Gasteiger partial charge in [-0.05, 0) is 91.3 Å². The van der Waals surface area contributed by atoms with Gasteiger partial charge in [-0.25, -0.2) is 14.5 Å². The van der Waals surface area contributed by atoms with E-state index in [4.69, 9.17) is 23.7 Å². The van der Waals surface area contributed by atoms with E-state index in [2.05, 4.69) is 5.32 Å². The molecule has 15 heteroatoms. The van der Waals surface area contributed by atoms with Gasteiger partial charge in [-0.1, -0.05) is 12.1 Å². The molecule has 1 heterocycles. The maximum atomic E-state index is 13.9. The van der Waals surface area contributed by atoms with Crippen molar-refractivity contribution in [3.05, 3.63) is 53.6 Å². The van der Waals surface area contributed by atoms with Crippen LogP contribution in [-0.4, -0.2) is 88.7 Å². The van der Waals surface area contributed by atoms with Gasteiger partial charge in [0.15, 0.2) is 6.10 Å². The van der Waals surface area contributed by atoms with Gasteiger partial charge in [-0.3, -0.25) is 14.4 Å². The Morgan fingerprint density at radius 1 is 1.02 bits per heavy atom. The Hall–Kier alpha value is -5.20. The van der Waals surface area contributed by atoms with Gasteiger partial charge in [-0.15, -0.1) is 0 Å². The van der Waals surface area contributed by atoms with Crippen molar-refractivity contribution in [1.82, 2.24) is 4.90 Å². The zero-order valence-corrected chi connectivity index (χ0v) is 31.1. The highest BCUT2D eigenvalue weighted by Crippen LogP contribution is 2.32. The molecule has 2 N–H and O–H groups in total. The lowest BCUT2D eigenvalue weighted by atomic mass is 10.1. The van der Waals surface area contributed by atoms with Crippen molar-refractivity contribution in [2.24, 2.45) is 0 Å². The van der Waals surface area contributed by atoms with E-state index in [9.17, 15) is 34.3 Å². The van der Waals surface area contributed by atoms with Crippen molar-refractivity contribution >= 4 is 41.3 Å². The average molecular weight is 725 g/mol. The van der Waals surface area contributed by atoms with E-state index in [0.717, 1.165) is 6.92 Å². The minimum atomic E-state index is -1.74. The van der Waals surface area contributed by atoms with Crippen LogP contribution in [0.4, 0.5) is 21.0 Å². The fraction of sp³-hybridized carbons (Fsp3) is 0.514. The smallest absolute Gasteiger partial charge is 0.420 e. The number of anilines is 2. The van der Waals surface area contributed by atoms with E-state index in [-0.39, 0.29) is 36.6 Å². The molecule has 0 aromatic heterocycles. The number of carbonyl (C=O) groups is 5. The molecule has 0 saturated carbocycles. The fourth-order valence-electron chi connectivity index (χ4n) is 4.84. The minimum Gasteiger partial charge on any atom is -0.491 e. The first-order valence-electron chi connectivity index (χ1n) is 16.7. The summed E-state index contributed by atoms with van der Waals surface area (Å²) in [6.45, 7) is 14.0. The highest BCUT2D eigenvalue weighted by Gasteiger charge is 2.43. The van der Waals surface area contributed by atoms with Crippen LogP contribution >= 0.6 is 0 Å². The monoisotopic (exact) mass is 724 g/mol. The SMILES string of the molecule is CC(=O)O[C@@H](C(=O)Nc1ccc(C#N)c(CN(C(=O)OC(C)(C)C)C(=O)OC(C)(C)C)c1)[C@H]1OCCN(c2ccccc2OCCC(C)(C)O)C1=O. The van der Waals surface area contributed by atoms with Crippen molar-refractivity contribution in [2.45, 2.75) is 104 Å². The maximum Gasteiger partial charge on any atom is 0.420 e. The van der Waals surface area contributed by atoms with Crippen LogP contribution in [0.5, 0.6) is 5.75 Å². The molecule has 0 unspecified atom stereocenters. The topological polar surface area (TPSA) is 194 Å². The van der Waals surface area contributed by atoms with Gasteiger partial charge in [0.1, 0.15) is 17.0 Å². The Bertz CT molecular complexity index is 1650. The quantitative estimate of drug-likeness (QED) is 0.231. The molecule has 1 aliphatic heterocycles. The van der Waals surface area contributed by atoms with Crippen molar-refractivity contribution < 1.29 is 52.8 Å². The lowest BCUT2D eigenvalue weighted by Crippen LogP contribution is -2.56. The van der Waals surface area contributed by atoms with E-state index in [1.54, 1.807) is 79.7 Å². The van der Waals surface area contributed by atoms with Gasteiger partial charge in [0.2, 0.25) is 6.10 Å². The third-order valence-electron chi connectivity index (χ3n) is 7.12. The van der Waals surface area contributed by atoms with Crippen LogP contribution < -0.4 is 15.0 Å². The molecule has 0 aliphatic carbocycles. The average Bonchev–Trinajstić information content (AvgIpc) is 3.00. The second-order valence-corrected chi connectivity index (χ2v) is 14.7. The number of carbonyl (C=O) groups excluding carboxylic acids is 5. The predicted molar refractivity (Wildman–Crippen MR) is 188 cm³/mol. The largest absolute Gasteiger partial charge is 0.491 e. The molecular weight excluding hydrogens is 676 g/mol. The first kappa shape index (κ1) is 41.2. The molecule has 1 fully saturated rings. The molecule has 52 heavy (non-hydrogen) atoms. The molecular formula is C37H48N4O11. The molecule has 282 valence electrons. The first-order valence-corrected chi connectivity index (χ1v) is 16.7. The minimum absolute atomic E-state index is 0.00830. The number of aliphatic hydroxyl groups is 1. The number of esters is 1. The van der Waals surface area contributed by atoms with Gasteiger partial charge in [-0.2, -0.15) is 5.26 Å². The number of hydrogen-bond acceptors (Lipinski definition) is 12.